The summed E-state index contributed by atoms with van der Waals surface area (Å²) in [5.41, 5.74) is 2.66. The van der Waals surface area contributed by atoms with Crippen LogP contribution in [0.4, 0.5) is 28.9 Å². The number of amides is 1. The Labute approximate surface area is 213 Å². The average molecular weight is 550 g/mol. The third-order valence-electron chi connectivity index (χ3n) is 5.10. The Balaban J connectivity index is 1.76. The van der Waals surface area contributed by atoms with Crippen molar-refractivity contribution in [3.63, 3.8) is 0 Å². The van der Waals surface area contributed by atoms with Crippen molar-refractivity contribution in [3.05, 3.63) is 101 Å². The monoisotopic (exact) mass is 550 g/mol. The smallest absolute Gasteiger partial charge is 0.281 e. The molecule has 0 unspecified atom stereocenters. The van der Waals surface area contributed by atoms with Crippen LogP contribution < -0.4 is 15.7 Å². The van der Waals surface area contributed by atoms with Crippen molar-refractivity contribution in [2.24, 2.45) is 0 Å². The zero-order valence-electron chi connectivity index (χ0n) is 19.3. The number of aliphatic hydroxyl groups excluding tert-OH is 1. The molecule has 3 aromatic rings. The molecule has 0 spiro atoms. The van der Waals surface area contributed by atoms with E-state index >= 15 is 0 Å². The maximum atomic E-state index is 14.4. The van der Waals surface area contributed by atoms with Crippen molar-refractivity contribution in [1.82, 2.24) is 15.7 Å². The lowest BCUT2D eigenvalue weighted by Crippen LogP contribution is -2.46. The molecule has 0 aliphatic carbocycles. The van der Waals surface area contributed by atoms with Crippen LogP contribution >= 0.6 is 0 Å². The second kappa shape index (κ2) is 10.0. The van der Waals surface area contributed by atoms with Gasteiger partial charge in [-0.15, -0.1) is 5.53 Å². The van der Waals surface area contributed by atoms with Gasteiger partial charge in [-0.1, -0.05) is 12.1 Å². The Morgan fingerprint density at radius 2 is 1.34 bits per heavy atom. The SMILES string of the molecule is CS(=O)(=O)Nc1ccc(NN2NN(C(=O)c3c(F)cccc3F)C(=N)C2=C(O)c2c(F)cccc2F)cc1. The second-order valence-electron chi connectivity index (χ2n) is 7.88. The van der Waals surface area contributed by atoms with Gasteiger partial charge in [0.25, 0.3) is 5.91 Å². The van der Waals surface area contributed by atoms with Crippen LogP contribution in [0.2, 0.25) is 0 Å². The molecule has 1 heterocycles. The van der Waals surface area contributed by atoms with Gasteiger partial charge in [0.15, 0.2) is 17.3 Å². The van der Waals surface area contributed by atoms with Crippen LogP contribution in [0, 0.1) is 28.7 Å². The highest BCUT2D eigenvalue weighted by atomic mass is 32.2. The number of aliphatic hydroxyl groups is 1. The Morgan fingerprint density at radius 1 is 0.868 bits per heavy atom. The summed E-state index contributed by atoms with van der Waals surface area (Å²) in [4.78, 5) is 13.0. The minimum atomic E-state index is -3.57. The normalized spacial score (nSPS) is 15.0. The molecular weight excluding hydrogens is 532 g/mol. The fraction of sp³-hybridized carbons (Fsp3) is 0.0435. The molecule has 1 fully saturated rings. The van der Waals surface area contributed by atoms with Gasteiger partial charge in [0, 0.05) is 5.69 Å². The molecule has 0 radical (unpaired) electrons. The molecule has 5 N–H and O–H groups in total. The van der Waals surface area contributed by atoms with Gasteiger partial charge in [0.1, 0.15) is 28.8 Å². The average Bonchev–Trinajstić information content (AvgIpc) is 3.14. The first-order chi connectivity index (χ1) is 17.9. The van der Waals surface area contributed by atoms with Crippen LogP contribution in [0.15, 0.2) is 66.4 Å². The lowest BCUT2D eigenvalue weighted by molar-refractivity contribution is 0.0705. The van der Waals surface area contributed by atoms with E-state index in [9.17, 15) is 35.9 Å². The summed E-state index contributed by atoms with van der Waals surface area (Å²) in [6.07, 6.45) is 0.949. The van der Waals surface area contributed by atoms with Crippen LogP contribution in [-0.4, -0.2) is 41.6 Å². The summed E-state index contributed by atoms with van der Waals surface area (Å²) in [7, 11) is -3.57. The maximum Gasteiger partial charge on any atom is 0.281 e. The Bertz CT molecular complexity index is 1540. The van der Waals surface area contributed by atoms with Gasteiger partial charge in [-0.3, -0.25) is 20.4 Å². The van der Waals surface area contributed by atoms with Crippen molar-refractivity contribution in [1.29, 1.82) is 5.41 Å². The fourth-order valence-electron chi connectivity index (χ4n) is 3.47. The summed E-state index contributed by atoms with van der Waals surface area (Å²) >= 11 is 0. The van der Waals surface area contributed by atoms with E-state index in [1.807, 2.05) is 0 Å². The van der Waals surface area contributed by atoms with Gasteiger partial charge in [-0.25, -0.2) is 31.0 Å². The zero-order valence-corrected chi connectivity index (χ0v) is 20.1. The van der Waals surface area contributed by atoms with Crippen molar-refractivity contribution >= 4 is 38.9 Å². The van der Waals surface area contributed by atoms with E-state index in [1.54, 1.807) is 0 Å². The number of hydrogen-bond donors (Lipinski definition) is 5. The predicted octanol–water partition coefficient (Wildman–Crippen LogP) is 3.72. The number of amidine groups is 1. The zero-order chi connectivity index (χ0) is 27.8. The molecule has 4 rings (SSSR count). The largest absolute Gasteiger partial charge is 0.505 e. The Morgan fingerprint density at radius 3 is 1.84 bits per heavy atom. The van der Waals surface area contributed by atoms with Crippen LogP contribution in [0.25, 0.3) is 5.76 Å². The first kappa shape index (κ1) is 26.4. The predicted molar refractivity (Wildman–Crippen MR) is 130 cm³/mol. The summed E-state index contributed by atoms with van der Waals surface area (Å²) in [6.45, 7) is 0. The molecule has 3 aromatic carbocycles. The van der Waals surface area contributed by atoms with E-state index in [2.05, 4.69) is 15.7 Å². The minimum Gasteiger partial charge on any atom is -0.505 e. The highest BCUT2D eigenvalue weighted by Crippen LogP contribution is 2.29. The molecule has 1 aliphatic rings. The molecule has 15 heteroatoms. The number of nitrogens with zero attached hydrogens (tertiary/aromatic N) is 2. The Kier molecular flexibility index (Phi) is 6.97. The van der Waals surface area contributed by atoms with E-state index in [1.165, 1.54) is 24.3 Å². The highest BCUT2D eigenvalue weighted by molar-refractivity contribution is 7.92. The number of halogens is 4. The van der Waals surface area contributed by atoms with Crippen LogP contribution in [0.5, 0.6) is 0 Å². The minimum absolute atomic E-state index is 0.176. The third-order valence-corrected chi connectivity index (χ3v) is 5.71. The second-order valence-corrected chi connectivity index (χ2v) is 9.63. The van der Waals surface area contributed by atoms with Crippen molar-refractivity contribution < 1.29 is 35.9 Å². The van der Waals surface area contributed by atoms with Crippen molar-refractivity contribution in [2.75, 3.05) is 16.4 Å². The number of hydrogen-bond acceptors (Lipinski definition) is 8. The van der Waals surface area contributed by atoms with E-state index in [4.69, 9.17) is 5.41 Å². The molecule has 0 saturated carbocycles. The first-order valence-corrected chi connectivity index (χ1v) is 12.4. The number of sulfonamides is 1. The summed E-state index contributed by atoms with van der Waals surface area (Å²) in [6, 6.07) is 10.8. The molecule has 198 valence electrons. The van der Waals surface area contributed by atoms with E-state index < -0.39 is 67.6 Å². The third kappa shape index (κ3) is 5.23. The van der Waals surface area contributed by atoms with Gasteiger partial charge in [0.05, 0.1) is 17.5 Å². The maximum absolute atomic E-state index is 14.4. The molecule has 10 nitrogen and oxygen atoms in total. The molecule has 0 atom stereocenters. The first-order valence-electron chi connectivity index (χ1n) is 10.5. The standard InChI is InChI=1S/C23H18F4N6O4S/c1-38(36,37)30-13-10-8-12(9-11-13)29-33-20(21(34)18-14(24)4-2-5-15(18)25)22(28)32(31-33)23(35)19-16(26)6-3-7-17(19)27/h2-11,28-31,34H,1H3. The molecule has 38 heavy (non-hydrogen) atoms. The van der Waals surface area contributed by atoms with E-state index in [0.29, 0.717) is 5.01 Å². The number of carbonyl (C=O) groups excluding carboxylic acids is 1. The van der Waals surface area contributed by atoms with Gasteiger partial charge in [0.2, 0.25) is 10.0 Å². The highest BCUT2D eigenvalue weighted by Gasteiger charge is 2.40. The molecule has 0 bridgehead atoms. The van der Waals surface area contributed by atoms with Gasteiger partial charge in [-0.2, -0.15) is 5.12 Å². The van der Waals surface area contributed by atoms with Gasteiger partial charge >= 0.3 is 0 Å². The molecule has 1 saturated heterocycles. The van der Waals surface area contributed by atoms with Crippen LogP contribution in [-0.2, 0) is 10.0 Å². The summed E-state index contributed by atoms with van der Waals surface area (Å²) in [5.74, 6) is -8.28. The molecule has 1 amide bonds. The van der Waals surface area contributed by atoms with Crippen LogP contribution in [0.1, 0.15) is 15.9 Å². The van der Waals surface area contributed by atoms with Gasteiger partial charge in [-0.05, 0) is 48.5 Å². The van der Waals surface area contributed by atoms with Crippen LogP contribution in [0.3, 0.4) is 0 Å². The number of rotatable bonds is 6. The lowest BCUT2D eigenvalue weighted by atomic mass is 10.1. The summed E-state index contributed by atoms with van der Waals surface area (Å²) in [5, 5.41) is 20.3. The van der Waals surface area contributed by atoms with E-state index in [-0.39, 0.29) is 11.4 Å². The number of benzene rings is 3. The number of nitrogens with one attached hydrogen (secondary N) is 4. The Hall–Kier alpha value is -4.63. The fourth-order valence-corrected chi connectivity index (χ4v) is 4.03. The quantitative estimate of drug-likeness (QED) is 0.233. The molecular formula is C23H18F4N6O4S. The molecule has 0 aromatic heterocycles. The van der Waals surface area contributed by atoms with Gasteiger partial charge < -0.3 is 5.11 Å². The van der Waals surface area contributed by atoms with Crippen molar-refractivity contribution in [3.8, 4) is 0 Å². The van der Waals surface area contributed by atoms with E-state index in [0.717, 1.165) is 47.8 Å². The number of hydrazine groups is 3. The summed E-state index contributed by atoms with van der Waals surface area (Å²) < 4.78 is 82.5. The number of carbonyl (C=O) groups is 1. The lowest BCUT2D eigenvalue weighted by Gasteiger charge is -2.22. The molecule has 1 aliphatic heterocycles. The topological polar surface area (TPSA) is 138 Å². The number of anilines is 2. The van der Waals surface area contributed by atoms with Crippen molar-refractivity contribution in [2.45, 2.75) is 0 Å².